The molecule has 6 heteroatoms. The van der Waals surface area contributed by atoms with Crippen molar-refractivity contribution in [2.75, 3.05) is 6.26 Å². The van der Waals surface area contributed by atoms with E-state index in [2.05, 4.69) is 4.98 Å². The highest BCUT2D eigenvalue weighted by Crippen LogP contribution is 2.27. The molecule has 0 saturated heterocycles. The number of sulfone groups is 1. The van der Waals surface area contributed by atoms with Gasteiger partial charge in [-0.3, -0.25) is 0 Å². The third-order valence-corrected chi connectivity index (χ3v) is 4.27. The van der Waals surface area contributed by atoms with E-state index >= 15 is 0 Å². The Kier molecular flexibility index (Phi) is 2.91. The van der Waals surface area contributed by atoms with Crippen molar-refractivity contribution in [1.29, 1.82) is 0 Å². The number of hydrogen-bond donors (Lipinski definition) is 0. The lowest BCUT2D eigenvalue weighted by Gasteiger charge is -2.04. The van der Waals surface area contributed by atoms with Crippen molar-refractivity contribution in [2.45, 2.75) is 25.3 Å². The Morgan fingerprint density at radius 2 is 2.06 bits per heavy atom. The lowest BCUT2D eigenvalue weighted by atomic mass is 10.3. The second kappa shape index (κ2) is 3.99. The van der Waals surface area contributed by atoms with Crippen LogP contribution < -0.4 is 0 Å². The summed E-state index contributed by atoms with van der Waals surface area (Å²) in [5.41, 5.74) is 1.52. The monoisotopic (exact) mass is 272 g/mol. The molecule has 0 fully saturated rings. The molecule has 0 aliphatic rings. The number of fused-ring (bicyclic) bond motifs is 1. The molecular weight excluding hydrogens is 260 g/mol. The second-order valence-corrected chi connectivity index (χ2v) is 6.34. The first-order chi connectivity index (χ1) is 7.84. The van der Waals surface area contributed by atoms with Gasteiger partial charge >= 0.3 is 0 Å². The first kappa shape index (κ1) is 12.4. The Balaban J connectivity index is 2.84. The summed E-state index contributed by atoms with van der Waals surface area (Å²) in [5.74, 6) is 0.851. The van der Waals surface area contributed by atoms with Crippen molar-refractivity contribution in [3.8, 4) is 0 Å². The summed E-state index contributed by atoms with van der Waals surface area (Å²) in [5, 5.41) is 0.245. The van der Waals surface area contributed by atoms with Crippen LogP contribution >= 0.6 is 11.6 Å². The number of nitrogens with zero attached hydrogens (tertiary/aromatic N) is 2. The largest absolute Gasteiger partial charge is 0.328 e. The molecule has 0 aliphatic heterocycles. The highest BCUT2D eigenvalue weighted by Gasteiger charge is 2.16. The smallest absolute Gasteiger partial charge is 0.177 e. The number of rotatable bonds is 2. The average molecular weight is 273 g/mol. The number of benzene rings is 1. The zero-order valence-electron chi connectivity index (χ0n) is 9.86. The quantitative estimate of drug-likeness (QED) is 0.844. The molecule has 92 valence electrons. The third-order valence-electron chi connectivity index (χ3n) is 2.71. The fraction of sp³-hybridized carbons (Fsp3) is 0.364. The van der Waals surface area contributed by atoms with Crippen molar-refractivity contribution in [3.63, 3.8) is 0 Å². The van der Waals surface area contributed by atoms with Gasteiger partial charge in [0, 0.05) is 12.8 Å². The first-order valence-electron chi connectivity index (χ1n) is 5.21. The molecule has 4 nitrogen and oxygen atoms in total. The highest BCUT2D eigenvalue weighted by molar-refractivity contribution is 7.90. The topological polar surface area (TPSA) is 52.0 Å². The molecule has 1 aromatic heterocycles. The van der Waals surface area contributed by atoms with Gasteiger partial charge < -0.3 is 4.57 Å². The standard InChI is InChI=1S/C11H13ClN2O2S/c1-4-14-7(2)13-9-6-11(17(3,15)16)8(12)5-10(9)14/h5-6H,4H2,1-3H3. The predicted octanol–water partition coefficient (Wildman–Crippen LogP) is 2.42. The maximum Gasteiger partial charge on any atom is 0.177 e. The molecule has 0 spiro atoms. The zero-order chi connectivity index (χ0) is 12.8. The fourth-order valence-corrected chi connectivity index (χ4v) is 3.25. The molecule has 0 aliphatic carbocycles. The zero-order valence-corrected chi connectivity index (χ0v) is 11.4. The summed E-state index contributed by atoms with van der Waals surface area (Å²) in [7, 11) is -3.32. The molecule has 0 N–H and O–H groups in total. The summed E-state index contributed by atoms with van der Waals surface area (Å²) in [4.78, 5) is 4.47. The van der Waals surface area contributed by atoms with Gasteiger partial charge in [-0.2, -0.15) is 0 Å². The molecule has 0 radical (unpaired) electrons. The van der Waals surface area contributed by atoms with Crippen molar-refractivity contribution in [3.05, 3.63) is 23.0 Å². The second-order valence-electron chi connectivity index (χ2n) is 3.95. The number of halogens is 1. The summed E-state index contributed by atoms with van der Waals surface area (Å²) in [6.07, 6.45) is 1.14. The molecule has 0 unspecified atom stereocenters. The molecule has 2 rings (SSSR count). The van der Waals surface area contributed by atoms with Gasteiger partial charge in [-0.25, -0.2) is 13.4 Å². The van der Waals surface area contributed by atoms with Crippen LogP contribution in [0.25, 0.3) is 11.0 Å². The van der Waals surface area contributed by atoms with Gasteiger partial charge in [0.25, 0.3) is 0 Å². The molecule has 0 amide bonds. The minimum absolute atomic E-state index is 0.132. The molecule has 0 bridgehead atoms. The van der Waals surface area contributed by atoms with E-state index in [1.807, 2.05) is 18.4 Å². The van der Waals surface area contributed by atoms with E-state index in [4.69, 9.17) is 11.6 Å². The van der Waals surface area contributed by atoms with Crippen LogP contribution in [0.5, 0.6) is 0 Å². The Labute approximate surface area is 105 Å². The van der Waals surface area contributed by atoms with Crippen LogP contribution in [0.15, 0.2) is 17.0 Å². The average Bonchev–Trinajstić information content (AvgIpc) is 2.50. The molecule has 1 aromatic carbocycles. The molecule has 0 saturated carbocycles. The van der Waals surface area contributed by atoms with E-state index in [1.54, 1.807) is 6.07 Å². The van der Waals surface area contributed by atoms with E-state index in [0.717, 1.165) is 24.1 Å². The van der Waals surface area contributed by atoms with Crippen molar-refractivity contribution in [1.82, 2.24) is 9.55 Å². The van der Waals surface area contributed by atoms with E-state index in [1.165, 1.54) is 6.07 Å². The Bertz CT molecular complexity index is 689. The van der Waals surface area contributed by atoms with Crippen LogP contribution in [-0.2, 0) is 16.4 Å². The Hall–Kier alpha value is -1.07. The van der Waals surface area contributed by atoms with Gasteiger partial charge in [0.15, 0.2) is 9.84 Å². The lowest BCUT2D eigenvalue weighted by Crippen LogP contribution is -1.99. The lowest BCUT2D eigenvalue weighted by molar-refractivity contribution is 0.602. The summed E-state index contributed by atoms with van der Waals surface area (Å²) in [6.45, 7) is 4.67. The van der Waals surface area contributed by atoms with Crippen LogP contribution in [0, 0.1) is 6.92 Å². The molecule has 17 heavy (non-hydrogen) atoms. The number of aryl methyl sites for hydroxylation is 2. The SMILES string of the molecule is CCn1c(C)nc2cc(S(C)(=O)=O)c(Cl)cc21. The first-order valence-corrected chi connectivity index (χ1v) is 7.48. The summed E-state index contributed by atoms with van der Waals surface area (Å²) in [6, 6.07) is 3.20. The van der Waals surface area contributed by atoms with Gasteiger partial charge in [0.1, 0.15) is 5.82 Å². The summed E-state index contributed by atoms with van der Waals surface area (Å²) < 4.78 is 25.1. The predicted molar refractivity (Wildman–Crippen MR) is 68.3 cm³/mol. The summed E-state index contributed by atoms with van der Waals surface area (Å²) >= 11 is 6.01. The number of imidazole rings is 1. The van der Waals surface area contributed by atoms with Crippen LogP contribution in [0.2, 0.25) is 5.02 Å². The van der Waals surface area contributed by atoms with E-state index in [-0.39, 0.29) is 9.92 Å². The van der Waals surface area contributed by atoms with Crippen LogP contribution in [0.1, 0.15) is 12.7 Å². The fourth-order valence-electron chi connectivity index (χ4n) is 1.93. The van der Waals surface area contributed by atoms with Crippen molar-refractivity contribution >= 4 is 32.5 Å². The van der Waals surface area contributed by atoms with Gasteiger partial charge in [0.2, 0.25) is 0 Å². The maximum atomic E-state index is 11.5. The van der Waals surface area contributed by atoms with Crippen molar-refractivity contribution < 1.29 is 8.42 Å². The van der Waals surface area contributed by atoms with Gasteiger partial charge in [-0.15, -0.1) is 0 Å². The molecule has 2 aromatic rings. The normalized spacial score (nSPS) is 12.2. The van der Waals surface area contributed by atoms with E-state index in [9.17, 15) is 8.42 Å². The minimum Gasteiger partial charge on any atom is -0.328 e. The van der Waals surface area contributed by atoms with E-state index < -0.39 is 9.84 Å². The molecule has 0 atom stereocenters. The minimum atomic E-state index is -3.32. The maximum absolute atomic E-state index is 11.5. The Morgan fingerprint density at radius 3 is 2.59 bits per heavy atom. The van der Waals surface area contributed by atoms with Crippen LogP contribution in [0.3, 0.4) is 0 Å². The van der Waals surface area contributed by atoms with Gasteiger partial charge in [-0.1, -0.05) is 11.6 Å². The number of aromatic nitrogens is 2. The van der Waals surface area contributed by atoms with Gasteiger partial charge in [0.05, 0.1) is 21.0 Å². The third kappa shape index (κ3) is 2.05. The number of hydrogen-bond acceptors (Lipinski definition) is 3. The molecular formula is C11H13ClN2O2S. The molecule has 1 heterocycles. The van der Waals surface area contributed by atoms with Crippen LogP contribution in [-0.4, -0.2) is 24.2 Å². The highest BCUT2D eigenvalue weighted by atomic mass is 35.5. The van der Waals surface area contributed by atoms with Gasteiger partial charge in [-0.05, 0) is 26.0 Å². The Morgan fingerprint density at radius 1 is 1.41 bits per heavy atom. The van der Waals surface area contributed by atoms with Crippen molar-refractivity contribution in [2.24, 2.45) is 0 Å². The van der Waals surface area contributed by atoms with Crippen LogP contribution in [0.4, 0.5) is 0 Å². The van der Waals surface area contributed by atoms with E-state index in [0.29, 0.717) is 5.52 Å².